The van der Waals surface area contributed by atoms with E-state index in [-0.39, 0.29) is 5.54 Å². The number of fused-ring (bicyclic) bond motifs is 1. The molecular weight excluding hydrogens is 172 g/mol. The highest BCUT2D eigenvalue weighted by Crippen LogP contribution is 2.62. The fraction of sp³-hybridized carbons (Fsp3) is 0.583. The zero-order chi connectivity index (χ0) is 9.60. The minimum atomic E-state index is -0.0717. The molecule has 1 aromatic heterocycles. The standard InChI is InChI=1S/C12H16N2/c13-12(11-7-3-4-8-14-11)9-5-1-2-6-10(9)12/h3-4,7-10H,1-2,5-6,13H2. The maximum atomic E-state index is 6.45. The first-order valence-corrected chi connectivity index (χ1v) is 5.54. The van der Waals surface area contributed by atoms with Gasteiger partial charge in [0.25, 0.3) is 0 Å². The van der Waals surface area contributed by atoms with Gasteiger partial charge in [-0.1, -0.05) is 18.9 Å². The Labute approximate surface area is 84.5 Å². The molecule has 1 heterocycles. The third kappa shape index (κ3) is 0.976. The molecule has 2 fully saturated rings. The molecular formula is C12H16N2. The molecule has 2 saturated carbocycles. The van der Waals surface area contributed by atoms with Crippen LogP contribution in [0.5, 0.6) is 0 Å². The number of nitrogens with zero attached hydrogens (tertiary/aromatic N) is 1. The summed E-state index contributed by atoms with van der Waals surface area (Å²) in [5, 5.41) is 0. The number of pyridine rings is 1. The quantitative estimate of drug-likeness (QED) is 0.732. The predicted octanol–water partition coefficient (Wildman–Crippen LogP) is 2.06. The van der Waals surface area contributed by atoms with Gasteiger partial charge in [0, 0.05) is 6.20 Å². The summed E-state index contributed by atoms with van der Waals surface area (Å²) in [5.41, 5.74) is 7.49. The summed E-state index contributed by atoms with van der Waals surface area (Å²) >= 11 is 0. The van der Waals surface area contributed by atoms with Crippen molar-refractivity contribution in [3.63, 3.8) is 0 Å². The van der Waals surface area contributed by atoms with E-state index in [1.54, 1.807) is 0 Å². The van der Waals surface area contributed by atoms with Crippen LogP contribution in [0.15, 0.2) is 24.4 Å². The number of nitrogens with two attached hydrogens (primary N) is 1. The summed E-state index contributed by atoms with van der Waals surface area (Å²) in [4.78, 5) is 4.41. The number of hydrogen-bond donors (Lipinski definition) is 1. The highest BCUT2D eigenvalue weighted by Gasteiger charge is 2.63. The second-order valence-corrected chi connectivity index (χ2v) is 4.65. The number of rotatable bonds is 1. The largest absolute Gasteiger partial charge is 0.320 e. The average Bonchev–Trinajstić information content (AvgIpc) is 2.89. The molecule has 0 aliphatic heterocycles. The third-order valence-corrected chi connectivity index (χ3v) is 3.99. The molecule has 0 bridgehead atoms. The van der Waals surface area contributed by atoms with Gasteiger partial charge in [-0.3, -0.25) is 4.98 Å². The van der Waals surface area contributed by atoms with Crippen molar-refractivity contribution in [1.82, 2.24) is 4.98 Å². The zero-order valence-electron chi connectivity index (χ0n) is 8.32. The van der Waals surface area contributed by atoms with Gasteiger partial charge in [-0.2, -0.15) is 0 Å². The zero-order valence-corrected chi connectivity index (χ0v) is 8.32. The van der Waals surface area contributed by atoms with E-state index in [4.69, 9.17) is 5.73 Å². The number of hydrogen-bond acceptors (Lipinski definition) is 2. The molecule has 0 spiro atoms. The SMILES string of the molecule is NC1(c2ccccn2)C2CCCCC21. The molecule has 0 aromatic carbocycles. The van der Waals surface area contributed by atoms with Gasteiger partial charge in [0.1, 0.15) is 0 Å². The summed E-state index contributed by atoms with van der Waals surface area (Å²) in [6, 6.07) is 6.08. The van der Waals surface area contributed by atoms with Gasteiger partial charge in [0.05, 0.1) is 11.2 Å². The van der Waals surface area contributed by atoms with Crippen molar-refractivity contribution in [3.8, 4) is 0 Å². The first-order valence-electron chi connectivity index (χ1n) is 5.54. The van der Waals surface area contributed by atoms with Crippen molar-refractivity contribution >= 4 is 0 Å². The van der Waals surface area contributed by atoms with Crippen LogP contribution in [-0.2, 0) is 5.54 Å². The Morgan fingerprint density at radius 1 is 1.21 bits per heavy atom. The Bertz CT molecular complexity index is 321. The number of aromatic nitrogens is 1. The lowest BCUT2D eigenvalue weighted by atomic mass is 10.0. The highest BCUT2D eigenvalue weighted by atomic mass is 15.0. The molecule has 3 rings (SSSR count). The van der Waals surface area contributed by atoms with Gasteiger partial charge in [0.2, 0.25) is 0 Å². The molecule has 2 unspecified atom stereocenters. The van der Waals surface area contributed by atoms with Crippen LogP contribution in [0.4, 0.5) is 0 Å². The lowest BCUT2D eigenvalue weighted by Gasteiger charge is -2.09. The second-order valence-electron chi connectivity index (χ2n) is 4.65. The van der Waals surface area contributed by atoms with E-state index in [0.29, 0.717) is 11.8 Å². The molecule has 0 radical (unpaired) electrons. The molecule has 2 heteroatoms. The minimum absolute atomic E-state index is 0.0717. The maximum Gasteiger partial charge on any atom is 0.0647 e. The van der Waals surface area contributed by atoms with E-state index in [1.165, 1.54) is 25.7 Å². The third-order valence-electron chi connectivity index (χ3n) is 3.99. The van der Waals surface area contributed by atoms with Crippen LogP contribution >= 0.6 is 0 Å². The summed E-state index contributed by atoms with van der Waals surface area (Å²) in [7, 11) is 0. The molecule has 2 N–H and O–H groups in total. The maximum absolute atomic E-state index is 6.45. The van der Waals surface area contributed by atoms with E-state index in [9.17, 15) is 0 Å². The molecule has 74 valence electrons. The summed E-state index contributed by atoms with van der Waals surface area (Å²) in [6.07, 6.45) is 7.17. The van der Waals surface area contributed by atoms with Crippen molar-refractivity contribution in [2.75, 3.05) is 0 Å². The lowest BCUT2D eigenvalue weighted by Crippen LogP contribution is -2.25. The van der Waals surface area contributed by atoms with Crippen molar-refractivity contribution < 1.29 is 0 Å². The van der Waals surface area contributed by atoms with Gasteiger partial charge in [-0.25, -0.2) is 0 Å². The Morgan fingerprint density at radius 3 is 2.50 bits per heavy atom. The van der Waals surface area contributed by atoms with Crippen LogP contribution in [0.2, 0.25) is 0 Å². The van der Waals surface area contributed by atoms with Gasteiger partial charge in [-0.05, 0) is 36.8 Å². The minimum Gasteiger partial charge on any atom is -0.320 e. The van der Waals surface area contributed by atoms with Crippen LogP contribution < -0.4 is 5.73 Å². The normalized spacial score (nSPS) is 40.4. The van der Waals surface area contributed by atoms with E-state index >= 15 is 0 Å². The predicted molar refractivity (Wildman–Crippen MR) is 55.6 cm³/mol. The molecule has 2 atom stereocenters. The monoisotopic (exact) mass is 188 g/mol. The van der Waals surface area contributed by atoms with Gasteiger partial charge >= 0.3 is 0 Å². The summed E-state index contributed by atoms with van der Waals surface area (Å²) in [5.74, 6) is 1.43. The molecule has 2 nitrogen and oxygen atoms in total. The van der Waals surface area contributed by atoms with E-state index < -0.39 is 0 Å². The first kappa shape index (κ1) is 8.42. The first-order chi connectivity index (χ1) is 6.83. The van der Waals surface area contributed by atoms with Crippen LogP contribution in [-0.4, -0.2) is 4.98 Å². The molecule has 14 heavy (non-hydrogen) atoms. The molecule has 0 saturated heterocycles. The Morgan fingerprint density at radius 2 is 1.93 bits per heavy atom. The Kier molecular flexibility index (Phi) is 1.68. The van der Waals surface area contributed by atoms with E-state index in [0.717, 1.165) is 5.69 Å². The molecule has 2 aliphatic carbocycles. The van der Waals surface area contributed by atoms with E-state index in [2.05, 4.69) is 11.1 Å². The summed E-state index contributed by atoms with van der Waals surface area (Å²) < 4.78 is 0. The highest BCUT2D eigenvalue weighted by molar-refractivity contribution is 5.29. The molecule has 1 aromatic rings. The average molecular weight is 188 g/mol. The van der Waals surface area contributed by atoms with Crippen molar-refractivity contribution in [3.05, 3.63) is 30.1 Å². The Balaban J connectivity index is 1.92. The van der Waals surface area contributed by atoms with Crippen LogP contribution in [0, 0.1) is 11.8 Å². The van der Waals surface area contributed by atoms with Crippen molar-refractivity contribution in [2.24, 2.45) is 17.6 Å². The van der Waals surface area contributed by atoms with Gasteiger partial charge in [-0.15, -0.1) is 0 Å². The smallest absolute Gasteiger partial charge is 0.0647 e. The molecule has 0 amide bonds. The Hall–Kier alpha value is -0.890. The van der Waals surface area contributed by atoms with Crippen LogP contribution in [0.1, 0.15) is 31.4 Å². The van der Waals surface area contributed by atoms with Crippen molar-refractivity contribution in [2.45, 2.75) is 31.2 Å². The topological polar surface area (TPSA) is 38.9 Å². The van der Waals surface area contributed by atoms with E-state index in [1.807, 2.05) is 18.3 Å². The second kappa shape index (κ2) is 2.80. The fourth-order valence-corrected chi connectivity index (χ4v) is 3.17. The summed E-state index contributed by atoms with van der Waals surface area (Å²) in [6.45, 7) is 0. The van der Waals surface area contributed by atoms with Crippen molar-refractivity contribution in [1.29, 1.82) is 0 Å². The van der Waals surface area contributed by atoms with Gasteiger partial charge < -0.3 is 5.73 Å². The lowest BCUT2D eigenvalue weighted by molar-refractivity contribution is 0.480. The van der Waals surface area contributed by atoms with Crippen LogP contribution in [0.25, 0.3) is 0 Å². The fourth-order valence-electron chi connectivity index (χ4n) is 3.17. The van der Waals surface area contributed by atoms with Crippen LogP contribution in [0.3, 0.4) is 0 Å². The van der Waals surface area contributed by atoms with Gasteiger partial charge in [0.15, 0.2) is 0 Å². The molecule has 2 aliphatic rings.